The first kappa shape index (κ1) is 19.2. The van der Waals surface area contributed by atoms with Crippen LogP contribution in [0, 0.1) is 4.84 Å². The molecule has 154 valence electrons. The lowest BCUT2D eigenvalue weighted by Gasteiger charge is -2.34. The Bertz CT molecular complexity index is 1170. The minimum absolute atomic E-state index is 0.384. The number of para-hydroxylation sites is 1. The summed E-state index contributed by atoms with van der Waals surface area (Å²) in [5, 5.41) is 5.67. The fourth-order valence-corrected chi connectivity index (χ4v) is 4.71. The predicted octanol–water partition coefficient (Wildman–Crippen LogP) is 4.27. The molecule has 1 fully saturated rings. The lowest BCUT2D eigenvalue weighted by molar-refractivity contribution is 0.192. The van der Waals surface area contributed by atoms with Crippen LogP contribution in [0.3, 0.4) is 0 Å². The second kappa shape index (κ2) is 8.17. The Morgan fingerprint density at radius 1 is 1.07 bits per heavy atom. The van der Waals surface area contributed by atoms with Crippen molar-refractivity contribution < 1.29 is 9.15 Å². The Morgan fingerprint density at radius 2 is 1.83 bits per heavy atom. The number of benzene rings is 2. The largest absolute Gasteiger partial charge is 0.497 e. The van der Waals surface area contributed by atoms with Crippen molar-refractivity contribution in [1.29, 1.82) is 0 Å². The molecule has 0 bridgehead atoms. The Labute approximate surface area is 183 Å². The molecule has 0 spiro atoms. The van der Waals surface area contributed by atoms with Gasteiger partial charge in [-0.3, -0.25) is 4.90 Å². The van der Waals surface area contributed by atoms with E-state index in [0.717, 1.165) is 48.1 Å². The fourth-order valence-electron chi connectivity index (χ4n) is 3.51. The second-order valence-electron chi connectivity index (χ2n) is 7.11. The summed E-state index contributed by atoms with van der Waals surface area (Å²) in [5.41, 5.74) is 1.95. The molecule has 0 aliphatic carbocycles. The average Bonchev–Trinajstić information content (AvgIpc) is 3.38. The van der Waals surface area contributed by atoms with E-state index in [0.29, 0.717) is 17.4 Å². The number of ether oxygens (including phenoxy) is 1. The van der Waals surface area contributed by atoms with Crippen LogP contribution in [-0.2, 0) is 6.67 Å². The van der Waals surface area contributed by atoms with Crippen molar-refractivity contribution >= 4 is 38.9 Å². The summed E-state index contributed by atoms with van der Waals surface area (Å²) in [5.74, 6) is 1.32. The van der Waals surface area contributed by atoms with Gasteiger partial charge in [0, 0.05) is 31.7 Å². The molecular formula is C21H21N5O2S2. The number of hydrogen-bond donors (Lipinski definition) is 0. The van der Waals surface area contributed by atoms with Gasteiger partial charge in [0.05, 0.1) is 24.0 Å². The van der Waals surface area contributed by atoms with Crippen molar-refractivity contribution in [3.05, 3.63) is 53.4 Å². The second-order valence-corrected chi connectivity index (χ2v) is 8.47. The summed E-state index contributed by atoms with van der Waals surface area (Å²) in [6.45, 7) is 4.31. The van der Waals surface area contributed by atoms with Crippen LogP contribution in [-0.4, -0.2) is 53.0 Å². The molecule has 3 heterocycles. The van der Waals surface area contributed by atoms with Gasteiger partial charge in [0.1, 0.15) is 5.75 Å². The van der Waals surface area contributed by atoms with Crippen LogP contribution < -0.4 is 9.64 Å². The first-order chi connectivity index (χ1) is 14.7. The Morgan fingerprint density at radius 3 is 2.57 bits per heavy atom. The van der Waals surface area contributed by atoms with E-state index in [1.54, 1.807) is 23.1 Å². The third-order valence-corrected chi connectivity index (χ3v) is 6.59. The lowest BCUT2D eigenvalue weighted by Crippen LogP contribution is -2.46. The van der Waals surface area contributed by atoms with Gasteiger partial charge in [-0.05, 0) is 48.6 Å². The average molecular weight is 440 g/mol. The van der Waals surface area contributed by atoms with Gasteiger partial charge in [-0.2, -0.15) is 0 Å². The zero-order valence-corrected chi connectivity index (χ0v) is 18.2. The monoisotopic (exact) mass is 439 g/mol. The number of aromatic nitrogens is 3. The van der Waals surface area contributed by atoms with E-state index in [1.165, 1.54) is 4.70 Å². The Balaban J connectivity index is 1.24. The zero-order chi connectivity index (χ0) is 20.5. The highest BCUT2D eigenvalue weighted by Crippen LogP contribution is 2.29. The van der Waals surface area contributed by atoms with Crippen molar-refractivity contribution in [2.45, 2.75) is 6.67 Å². The van der Waals surface area contributed by atoms with E-state index in [2.05, 4.69) is 33.1 Å². The van der Waals surface area contributed by atoms with Crippen molar-refractivity contribution in [1.82, 2.24) is 19.7 Å². The molecule has 2 aromatic carbocycles. The first-order valence-corrected chi connectivity index (χ1v) is 11.0. The molecule has 1 aliphatic heterocycles. The third kappa shape index (κ3) is 3.83. The molecule has 1 aliphatic rings. The highest BCUT2D eigenvalue weighted by atomic mass is 32.1. The van der Waals surface area contributed by atoms with Gasteiger partial charge >= 0.3 is 0 Å². The highest BCUT2D eigenvalue weighted by molar-refractivity contribution is 7.71. The number of piperazine rings is 1. The molecule has 9 heteroatoms. The maximum atomic E-state index is 5.72. The molecule has 0 unspecified atom stereocenters. The minimum Gasteiger partial charge on any atom is -0.497 e. The quantitative estimate of drug-likeness (QED) is 0.430. The van der Waals surface area contributed by atoms with Crippen LogP contribution >= 0.6 is 23.6 Å². The van der Waals surface area contributed by atoms with Crippen molar-refractivity contribution in [2.75, 3.05) is 38.2 Å². The molecule has 4 aromatic rings. The number of methoxy groups -OCH3 is 1. The van der Waals surface area contributed by atoms with Crippen LogP contribution in [0.4, 0.5) is 5.13 Å². The summed E-state index contributed by atoms with van der Waals surface area (Å²) in [6, 6.07) is 15.9. The topological polar surface area (TPSA) is 59.6 Å². The van der Waals surface area contributed by atoms with E-state index in [9.17, 15) is 0 Å². The number of rotatable bonds is 5. The maximum Gasteiger partial charge on any atom is 0.288 e. The standard InChI is InChI=1S/C21H21N5O2S2/c1-27-16-8-6-15(7-9-16)19-23-26(21(29)28-19)14-24-10-12-25(13-11-24)20-22-17-4-2-3-5-18(17)30-20/h2-9H,10-14H2,1H3. The molecule has 2 aromatic heterocycles. The van der Waals surface area contributed by atoms with E-state index in [4.69, 9.17) is 26.4 Å². The summed E-state index contributed by atoms with van der Waals surface area (Å²) < 4.78 is 13.9. The van der Waals surface area contributed by atoms with E-state index < -0.39 is 0 Å². The molecule has 5 rings (SSSR count). The molecule has 30 heavy (non-hydrogen) atoms. The van der Waals surface area contributed by atoms with Gasteiger partial charge in [-0.1, -0.05) is 23.5 Å². The molecule has 0 radical (unpaired) electrons. The zero-order valence-electron chi connectivity index (χ0n) is 16.5. The van der Waals surface area contributed by atoms with Gasteiger partial charge in [0.25, 0.3) is 4.84 Å². The molecule has 0 atom stereocenters. The van der Waals surface area contributed by atoms with Crippen molar-refractivity contribution in [2.24, 2.45) is 0 Å². The van der Waals surface area contributed by atoms with Gasteiger partial charge in [-0.25, -0.2) is 9.67 Å². The van der Waals surface area contributed by atoms with Crippen molar-refractivity contribution in [3.8, 4) is 17.2 Å². The summed E-state index contributed by atoms with van der Waals surface area (Å²) in [6.07, 6.45) is 0. The molecule has 0 amide bonds. The Hall–Kier alpha value is -2.75. The van der Waals surface area contributed by atoms with Crippen LogP contribution in [0.25, 0.3) is 21.7 Å². The van der Waals surface area contributed by atoms with Gasteiger partial charge in [0.15, 0.2) is 5.13 Å². The summed E-state index contributed by atoms with van der Waals surface area (Å²) in [4.78, 5) is 9.85. The molecular weight excluding hydrogens is 418 g/mol. The fraction of sp³-hybridized carbons (Fsp3) is 0.286. The smallest absolute Gasteiger partial charge is 0.288 e. The van der Waals surface area contributed by atoms with Gasteiger partial charge < -0.3 is 14.1 Å². The van der Waals surface area contributed by atoms with Gasteiger partial charge in [0.2, 0.25) is 5.89 Å². The molecule has 1 saturated heterocycles. The lowest BCUT2D eigenvalue weighted by atomic mass is 10.2. The van der Waals surface area contributed by atoms with E-state index >= 15 is 0 Å². The van der Waals surface area contributed by atoms with Crippen LogP contribution in [0.15, 0.2) is 52.9 Å². The molecule has 0 N–H and O–H groups in total. The maximum absolute atomic E-state index is 5.72. The third-order valence-electron chi connectivity index (χ3n) is 5.20. The predicted molar refractivity (Wildman–Crippen MR) is 121 cm³/mol. The number of fused-ring (bicyclic) bond motifs is 1. The molecule has 7 nitrogen and oxygen atoms in total. The number of anilines is 1. The number of hydrogen-bond acceptors (Lipinski definition) is 8. The van der Waals surface area contributed by atoms with E-state index in [-0.39, 0.29) is 0 Å². The minimum atomic E-state index is 0.384. The number of nitrogens with zero attached hydrogens (tertiary/aromatic N) is 5. The van der Waals surface area contributed by atoms with Crippen molar-refractivity contribution in [3.63, 3.8) is 0 Å². The highest BCUT2D eigenvalue weighted by Gasteiger charge is 2.21. The summed E-state index contributed by atoms with van der Waals surface area (Å²) >= 11 is 7.14. The van der Waals surface area contributed by atoms with Gasteiger partial charge in [-0.15, -0.1) is 5.10 Å². The van der Waals surface area contributed by atoms with Crippen LogP contribution in [0.5, 0.6) is 5.75 Å². The Kier molecular flexibility index (Phi) is 5.24. The number of thiazole rings is 1. The van der Waals surface area contributed by atoms with E-state index in [1.807, 2.05) is 30.3 Å². The van der Waals surface area contributed by atoms with Crippen LogP contribution in [0.2, 0.25) is 0 Å². The SMILES string of the molecule is COc1ccc(-c2nn(CN3CCN(c4nc5ccccc5s4)CC3)c(=S)o2)cc1. The summed E-state index contributed by atoms with van der Waals surface area (Å²) in [7, 11) is 1.64. The normalized spacial score (nSPS) is 15.0. The first-order valence-electron chi connectivity index (χ1n) is 9.75. The van der Waals surface area contributed by atoms with Crippen LogP contribution in [0.1, 0.15) is 0 Å². The molecule has 0 saturated carbocycles.